The summed E-state index contributed by atoms with van der Waals surface area (Å²) in [6.07, 6.45) is 1.81. The van der Waals surface area contributed by atoms with Gasteiger partial charge in [-0.25, -0.2) is 0 Å². The van der Waals surface area contributed by atoms with E-state index in [0.29, 0.717) is 15.8 Å². The van der Waals surface area contributed by atoms with Crippen molar-refractivity contribution in [3.05, 3.63) is 33.3 Å². The number of nitrogens with one attached hydrogen (secondary N) is 1. The molecule has 1 aliphatic carbocycles. The topological polar surface area (TPSA) is 29.1 Å². The first-order valence-corrected chi connectivity index (χ1v) is 8.31. The predicted octanol–water partition coefficient (Wildman–Crippen LogP) is 3.30. The fraction of sp³-hybridized carbons (Fsp3) is 0.500. The van der Waals surface area contributed by atoms with E-state index in [9.17, 15) is 4.79 Å². The van der Waals surface area contributed by atoms with Crippen molar-refractivity contribution in [2.45, 2.75) is 24.0 Å². The second kappa shape index (κ2) is 5.65. The molecular formula is C14H15Cl2NOS. The number of Topliss-reactive ketones (excluding diaryl/α,β-unsaturated/α-hetero) is 1. The van der Waals surface area contributed by atoms with Gasteiger partial charge in [-0.3, -0.25) is 4.79 Å². The van der Waals surface area contributed by atoms with Crippen molar-refractivity contribution < 1.29 is 4.79 Å². The molecule has 2 aliphatic rings. The molecule has 5 heteroatoms. The number of aryl methyl sites for hydroxylation is 1. The van der Waals surface area contributed by atoms with E-state index >= 15 is 0 Å². The average molecular weight is 316 g/mol. The van der Waals surface area contributed by atoms with Crippen LogP contribution in [0.4, 0.5) is 0 Å². The minimum atomic E-state index is 0.00201. The lowest BCUT2D eigenvalue weighted by molar-refractivity contribution is -0.119. The van der Waals surface area contributed by atoms with Gasteiger partial charge in [0.2, 0.25) is 0 Å². The van der Waals surface area contributed by atoms with Crippen LogP contribution in [0.2, 0.25) is 10.0 Å². The van der Waals surface area contributed by atoms with Crippen LogP contribution in [-0.4, -0.2) is 29.9 Å². The van der Waals surface area contributed by atoms with Crippen LogP contribution in [0.5, 0.6) is 0 Å². The molecule has 3 rings (SSSR count). The summed E-state index contributed by atoms with van der Waals surface area (Å²) >= 11 is 13.9. The van der Waals surface area contributed by atoms with E-state index in [0.717, 1.165) is 37.2 Å². The van der Waals surface area contributed by atoms with Gasteiger partial charge in [-0.2, -0.15) is 0 Å². The zero-order valence-corrected chi connectivity index (χ0v) is 12.7. The van der Waals surface area contributed by atoms with Crippen LogP contribution < -0.4 is 5.32 Å². The molecule has 1 saturated heterocycles. The summed E-state index contributed by atoms with van der Waals surface area (Å²) in [5.74, 6) is 1.36. The molecule has 0 bridgehead atoms. The average Bonchev–Trinajstić information content (AvgIpc) is 2.82. The molecule has 102 valence electrons. The number of fused-ring (bicyclic) bond motifs is 1. The number of halogens is 2. The van der Waals surface area contributed by atoms with Crippen molar-refractivity contribution >= 4 is 40.7 Å². The molecule has 19 heavy (non-hydrogen) atoms. The maximum Gasteiger partial charge on any atom is 0.154 e. The third-order valence-corrected chi connectivity index (χ3v) is 5.81. The van der Waals surface area contributed by atoms with Crippen LogP contribution in [0.25, 0.3) is 0 Å². The Hall–Kier alpha value is -0.220. The van der Waals surface area contributed by atoms with Gasteiger partial charge in [0, 0.05) is 24.8 Å². The lowest BCUT2D eigenvalue weighted by Gasteiger charge is -2.24. The Balaban J connectivity index is 1.85. The second-order valence-electron chi connectivity index (χ2n) is 5.02. The van der Waals surface area contributed by atoms with Crippen LogP contribution in [0, 0.1) is 0 Å². The molecule has 2 nitrogen and oxygen atoms in total. The van der Waals surface area contributed by atoms with Gasteiger partial charge in [-0.15, -0.1) is 11.8 Å². The number of hydrogen-bond donors (Lipinski definition) is 1. The highest BCUT2D eigenvalue weighted by molar-refractivity contribution is 8.00. The Bertz CT molecular complexity index is 514. The first-order valence-electron chi connectivity index (χ1n) is 6.50. The minimum absolute atomic E-state index is 0.00201. The van der Waals surface area contributed by atoms with Gasteiger partial charge in [-0.1, -0.05) is 23.2 Å². The fourth-order valence-electron chi connectivity index (χ4n) is 2.87. The van der Waals surface area contributed by atoms with Crippen LogP contribution >= 0.6 is 35.0 Å². The number of thioether (sulfide) groups is 1. The number of ketones is 1. The van der Waals surface area contributed by atoms with Crippen molar-refractivity contribution in [3.8, 4) is 0 Å². The molecule has 0 amide bonds. The van der Waals surface area contributed by atoms with Crippen LogP contribution in [0.1, 0.15) is 23.5 Å². The molecule has 0 spiro atoms. The van der Waals surface area contributed by atoms with Gasteiger partial charge in [0.25, 0.3) is 0 Å². The summed E-state index contributed by atoms with van der Waals surface area (Å²) in [6.45, 7) is 1.79. The summed E-state index contributed by atoms with van der Waals surface area (Å²) in [4.78, 5) is 12.6. The fourth-order valence-corrected chi connectivity index (χ4v) is 4.34. The Kier molecular flexibility index (Phi) is 4.08. The predicted molar refractivity (Wildman–Crippen MR) is 81.6 cm³/mol. The molecule has 0 saturated carbocycles. The van der Waals surface area contributed by atoms with Crippen LogP contribution in [-0.2, 0) is 11.2 Å². The van der Waals surface area contributed by atoms with Gasteiger partial charge in [0.1, 0.15) is 0 Å². The van der Waals surface area contributed by atoms with Crippen molar-refractivity contribution in [1.82, 2.24) is 5.32 Å². The number of hydrogen-bond acceptors (Lipinski definition) is 3. The number of rotatable bonds is 2. The monoisotopic (exact) mass is 315 g/mol. The molecule has 2 atom stereocenters. The molecule has 1 aromatic carbocycles. The summed E-state index contributed by atoms with van der Waals surface area (Å²) in [5, 5.41) is 4.51. The largest absolute Gasteiger partial charge is 0.314 e. The van der Waals surface area contributed by atoms with E-state index in [2.05, 4.69) is 5.32 Å². The van der Waals surface area contributed by atoms with E-state index in [-0.39, 0.29) is 11.2 Å². The molecule has 2 unspecified atom stereocenters. The minimum Gasteiger partial charge on any atom is -0.314 e. The highest BCUT2D eigenvalue weighted by atomic mass is 35.5. The number of carbonyl (C=O) groups excluding carboxylic acids is 1. The maximum atomic E-state index is 12.6. The molecule has 0 aromatic heterocycles. The van der Waals surface area contributed by atoms with Gasteiger partial charge in [-0.05, 0) is 36.1 Å². The van der Waals surface area contributed by atoms with Crippen LogP contribution in [0.15, 0.2) is 12.1 Å². The summed E-state index contributed by atoms with van der Waals surface area (Å²) in [7, 11) is 0. The van der Waals surface area contributed by atoms with Crippen LogP contribution in [0.3, 0.4) is 0 Å². The lowest BCUT2D eigenvalue weighted by Crippen LogP contribution is -2.39. The quantitative estimate of drug-likeness (QED) is 0.908. The summed E-state index contributed by atoms with van der Waals surface area (Å²) in [6, 6.07) is 3.80. The summed E-state index contributed by atoms with van der Waals surface area (Å²) in [5.41, 5.74) is 2.27. The van der Waals surface area contributed by atoms with Gasteiger partial charge < -0.3 is 5.32 Å². The zero-order valence-electron chi connectivity index (χ0n) is 10.4. The summed E-state index contributed by atoms with van der Waals surface area (Å²) < 4.78 is 0. The first kappa shape index (κ1) is 13.7. The zero-order chi connectivity index (χ0) is 13.4. The molecule has 0 radical (unpaired) electrons. The van der Waals surface area contributed by atoms with E-state index in [1.54, 1.807) is 11.8 Å². The smallest absolute Gasteiger partial charge is 0.154 e. The van der Waals surface area contributed by atoms with Gasteiger partial charge >= 0.3 is 0 Å². The first-order chi connectivity index (χ1) is 9.16. The van der Waals surface area contributed by atoms with Gasteiger partial charge in [0.15, 0.2) is 5.78 Å². The molecule has 1 fully saturated rings. The third kappa shape index (κ3) is 2.66. The second-order valence-corrected chi connectivity index (χ2v) is 7.15. The normalized spacial score (nSPS) is 26.2. The maximum absolute atomic E-state index is 12.6. The molecule has 1 aromatic rings. The number of carbonyl (C=O) groups is 1. The highest BCUT2D eigenvalue weighted by Gasteiger charge is 2.34. The van der Waals surface area contributed by atoms with Crippen molar-refractivity contribution in [3.63, 3.8) is 0 Å². The lowest BCUT2D eigenvalue weighted by atomic mass is 9.94. The Morgan fingerprint density at radius 3 is 2.84 bits per heavy atom. The van der Waals surface area contributed by atoms with Crippen molar-refractivity contribution in [2.24, 2.45) is 0 Å². The van der Waals surface area contributed by atoms with E-state index in [4.69, 9.17) is 23.2 Å². The van der Waals surface area contributed by atoms with E-state index < -0.39 is 0 Å². The SMILES string of the molecule is O=C(C1CNCCS1)C1CCc2cc(Cl)c(Cl)cc21. The van der Waals surface area contributed by atoms with Gasteiger partial charge in [0.05, 0.1) is 15.3 Å². The van der Waals surface area contributed by atoms with Crippen molar-refractivity contribution in [2.75, 3.05) is 18.8 Å². The third-order valence-electron chi connectivity index (χ3n) is 3.85. The standard InChI is InChI=1S/C14H15Cl2NOS/c15-11-5-8-1-2-9(10(8)6-12(11)16)14(18)13-7-17-3-4-19-13/h5-6,9,13,17H,1-4,7H2. The highest BCUT2D eigenvalue weighted by Crippen LogP contribution is 2.40. The molecule has 1 N–H and O–H groups in total. The Morgan fingerprint density at radius 1 is 1.32 bits per heavy atom. The van der Waals surface area contributed by atoms with E-state index in [1.807, 2.05) is 12.1 Å². The molecule has 1 heterocycles. The molecular weight excluding hydrogens is 301 g/mol. The Labute approximate surface area is 127 Å². The van der Waals surface area contributed by atoms with Crippen molar-refractivity contribution in [1.29, 1.82) is 0 Å². The van der Waals surface area contributed by atoms with E-state index in [1.165, 1.54) is 5.56 Å². The Morgan fingerprint density at radius 2 is 2.11 bits per heavy atom. The molecule has 1 aliphatic heterocycles. The number of benzene rings is 1.